The van der Waals surface area contributed by atoms with Crippen LogP contribution < -0.4 is 9.47 Å². The molecule has 6 heteroatoms. The van der Waals surface area contributed by atoms with Gasteiger partial charge in [-0.3, -0.25) is 0 Å². The Morgan fingerprint density at radius 3 is 2.65 bits per heavy atom. The first-order valence-corrected chi connectivity index (χ1v) is 10.4. The molecule has 2 aromatic carbocycles. The molecule has 1 aliphatic carbocycles. The molecule has 1 saturated carbocycles. The van der Waals surface area contributed by atoms with Crippen LogP contribution in [0.5, 0.6) is 11.6 Å². The number of nitrogens with zero attached hydrogens (tertiary/aromatic N) is 1. The van der Waals surface area contributed by atoms with Crippen molar-refractivity contribution >= 4 is 5.97 Å². The van der Waals surface area contributed by atoms with Crippen LogP contribution in [-0.4, -0.2) is 24.2 Å². The number of ether oxygens (including phenoxy) is 3. The van der Waals surface area contributed by atoms with Gasteiger partial charge in [-0.05, 0) is 67.1 Å². The lowest BCUT2D eigenvalue weighted by Gasteiger charge is -2.10. The van der Waals surface area contributed by atoms with E-state index in [1.54, 1.807) is 19.2 Å². The monoisotopic (exact) mass is 421 g/mol. The minimum Gasteiger partial charge on any atom is -0.489 e. The van der Waals surface area contributed by atoms with E-state index in [9.17, 15) is 9.18 Å². The van der Waals surface area contributed by atoms with Gasteiger partial charge in [0.1, 0.15) is 18.2 Å². The van der Waals surface area contributed by atoms with Crippen molar-refractivity contribution in [1.29, 1.82) is 0 Å². The Morgan fingerprint density at radius 1 is 1.06 bits per heavy atom. The Hall–Kier alpha value is -3.41. The van der Waals surface area contributed by atoms with Crippen molar-refractivity contribution < 1.29 is 23.4 Å². The molecule has 3 aromatic rings. The highest BCUT2D eigenvalue weighted by molar-refractivity contribution is 5.89. The topological polar surface area (TPSA) is 57.7 Å². The maximum Gasteiger partial charge on any atom is 0.341 e. The van der Waals surface area contributed by atoms with Crippen LogP contribution in [0, 0.1) is 11.7 Å². The Kier molecular flexibility index (Phi) is 6.46. The summed E-state index contributed by atoms with van der Waals surface area (Å²) in [6, 6.07) is 15.8. The summed E-state index contributed by atoms with van der Waals surface area (Å²) in [6.07, 6.45) is 4.27. The number of benzene rings is 2. The summed E-state index contributed by atoms with van der Waals surface area (Å²) in [6.45, 7) is 2.79. The molecule has 0 spiro atoms. The maximum absolute atomic E-state index is 14.2. The van der Waals surface area contributed by atoms with Crippen LogP contribution in [0.4, 0.5) is 4.39 Å². The highest BCUT2D eigenvalue weighted by Crippen LogP contribution is 2.30. The molecule has 31 heavy (non-hydrogen) atoms. The van der Waals surface area contributed by atoms with E-state index in [-0.39, 0.29) is 18.8 Å². The van der Waals surface area contributed by atoms with E-state index in [0.717, 1.165) is 17.7 Å². The van der Waals surface area contributed by atoms with Crippen LogP contribution in [-0.2, 0) is 11.3 Å². The zero-order valence-corrected chi connectivity index (χ0v) is 17.3. The van der Waals surface area contributed by atoms with Gasteiger partial charge in [0.25, 0.3) is 0 Å². The molecule has 0 amide bonds. The average Bonchev–Trinajstić information content (AvgIpc) is 3.62. The summed E-state index contributed by atoms with van der Waals surface area (Å²) in [5.41, 5.74) is 2.45. The predicted octanol–water partition coefficient (Wildman–Crippen LogP) is 5.43. The van der Waals surface area contributed by atoms with Crippen molar-refractivity contribution in [3.63, 3.8) is 0 Å². The molecule has 1 heterocycles. The SMILES string of the molecule is CCOC(=O)c1ccc(COc2cccc(-c3ccc(OCC4CC4)nc3)c2)cc1F. The molecule has 4 rings (SSSR count). The summed E-state index contributed by atoms with van der Waals surface area (Å²) >= 11 is 0. The Labute approximate surface area is 180 Å². The van der Waals surface area contributed by atoms with Crippen molar-refractivity contribution in [2.45, 2.75) is 26.4 Å². The van der Waals surface area contributed by atoms with E-state index in [1.807, 2.05) is 36.4 Å². The molecule has 0 saturated heterocycles. The van der Waals surface area contributed by atoms with Crippen molar-refractivity contribution in [2.24, 2.45) is 5.92 Å². The van der Waals surface area contributed by atoms with E-state index in [4.69, 9.17) is 14.2 Å². The fourth-order valence-corrected chi connectivity index (χ4v) is 3.08. The van der Waals surface area contributed by atoms with Gasteiger partial charge >= 0.3 is 5.97 Å². The number of aromatic nitrogens is 1. The van der Waals surface area contributed by atoms with Crippen molar-refractivity contribution in [3.05, 3.63) is 77.7 Å². The normalized spacial score (nSPS) is 13.0. The van der Waals surface area contributed by atoms with Gasteiger partial charge in [0.15, 0.2) is 0 Å². The zero-order chi connectivity index (χ0) is 21.6. The highest BCUT2D eigenvalue weighted by atomic mass is 19.1. The summed E-state index contributed by atoms with van der Waals surface area (Å²) in [4.78, 5) is 16.1. The largest absolute Gasteiger partial charge is 0.489 e. The van der Waals surface area contributed by atoms with Crippen LogP contribution >= 0.6 is 0 Å². The van der Waals surface area contributed by atoms with E-state index in [0.29, 0.717) is 23.1 Å². The van der Waals surface area contributed by atoms with Crippen molar-refractivity contribution in [3.8, 4) is 22.8 Å². The second kappa shape index (κ2) is 9.60. The molecule has 0 aliphatic heterocycles. The Morgan fingerprint density at radius 2 is 1.94 bits per heavy atom. The molecule has 1 aromatic heterocycles. The number of halogens is 1. The molecule has 1 aliphatic rings. The van der Waals surface area contributed by atoms with Gasteiger partial charge in [-0.25, -0.2) is 14.2 Å². The molecule has 0 radical (unpaired) electrons. The fraction of sp³-hybridized carbons (Fsp3) is 0.280. The highest BCUT2D eigenvalue weighted by Gasteiger charge is 2.22. The van der Waals surface area contributed by atoms with E-state index in [1.165, 1.54) is 25.0 Å². The lowest BCUT2D eigenvalue weighted by Crippen LogP contribution is -2.08. The van der Waals surface area contributed by atoms with Crippen LogP contribution in [0.2, 0.25) is 0 Å². The van der Waals surface area contributed by atoms with E-state index >= 15 is 0 Å². The number of hydrogen-bond acceptors (Lipinski definition) is 5. The molecule has 0 atom stereocenters. The number of pyridine rings is 1. The van der Waals surface area contributed by atoms with E-state index < -0.39 is 11.8 Å². The second-order valence-corrected chi connectivity index (χ2v) is 7.49. The smallest absolute Gasteiger partial charge is 0.341 e. The number of esters is 1. The lowest BCUT2D eigenvalue weighted by atomic mass is 10.1. The number of carbonyl (C=O) groups is 1. The fourth-order valence-electron chi connectivity index (χ4n) is 3.08. The van der Waals surface area contributed by atoms with Gasteiger partial charge in [-0.2, -0.15) is 0 Å². The minimum absolute atomic E-state index is 0.0790. The molecule has 0 unspecified atom stereocenters. The van der Waals surface area contributed by atoms with Crippen molar-refractivity contribution in [1.82, 2.24) is 4.98 Å². The van der Waals surface area contributed by atoms with Crippen LogP contribution in [0.1, 0.15) is 35.7 Å². The van der Waals surface area contributed by atoms with Gasteiger partial charge in [0.05, 0.1) is 18.8 Å². The second-order valence-electron chi connectivity index (χ2n) is 7.49. The van der Waals surface area contributed by atoms with Crippen LogP contribution in [0.25, 0.3) is 11.1 Å². The van der Waals surface area contributed by atoms with Crippen LogP contribution in [0.15, 0.2) is 60.8 Å². The maximum atomic E-state index is 14.2. The lowest BCUT2D eigenvalue weighted by molar-refractivity contribution is 0.0521. The molecule has 0 bridgehead atoms. The van der Waals surface area contributed by atoms with Gasteiger partial charge in [-0.15, -0.1) is 0 Å². The van der Waals surface area contributed by atoms with Gasteiger partial charge in [-0.1, -0.05) is 18.2 Å². The van der Waals surface area contributed by atoms with Gasteiger partial charge < -0.3 is 14.2 Å². The number of hydrogen-bond donors (Lipinski definition) is 0. The zero-order valence-electron chi connectivity index (χ0n) is 17.3. The standard InChI is InChI=1S/C25H24FNO4/c1-2-29-25(28)22-10-8-18(12-23(22)26)16-30-21-5-3-4-19(13-21)20-9-11-24(27-14-20)31-15-17-6-7-17/h3-5,8-14,17H,2,6-7,15-16H2,1H3. The quantitative estimate of drug-likeness (QED) is 0.431. The molecule has 160 valence electrons. The Bertz CT molecular complexity index is 1050. The molecule has 5 nitrogen and oxygen atoms in total. The van der Waals surface area contributed by atoms with Crippen LogP contribution in [0.3, 0.4) is 0 Å². The summed E-state index contributed by atoms with van der Waals surface area (Å²) in [7, 11) is 0. The van der Waals surface area contributed by atoms with E-state index in [2.05, 4.69) is 4.98 Å². The Balaban J connectivity index is 1.38. The molecule has 0 N–H and O–H groups in total. The summed E-state index contributed by atoms with van der Waals surface area (Å²) in [5.74, 6) is 0.684. The first-order valence-electron chi connectivity index (χ1n) is 10.4. The molecular weight excluding hydrogens is 397 g/mol. The van der Waals surface area contributed by atoms with Gasteiger partial charge in [0.2, 0.25) is 5.88 Å². The molecule has 1 fully saturated rings. The number of carbonyl (C=O) groups excluding carboxylic acids is 1. The summed E-state index contributed by atoms with van der Waals surface area (Å²) in [5, 5.41) is 0. The third-order valence-electron chi connectivity index (χ3n) is 5.00. The third-order valence-corrected chi connectivity index (χ3v) is 5.00. The van der Waals surface area contributed by atoms with Crippen molar-refractivity contribution in [2.75, 3.05) is 13.2 Å². The predicted molar refractivity (Wildman–Crippen MR) is 115 cm³/mol. The van der Waals surface area contributed by atoms with Gasteiger partial charge in [0, 0.05) is 17.8 Å². The summed E-state index contributed by atoms with van der Waals surface area (Å²) < 4.78 is 30.5. The minimum atomic E-state index is -0.669. The third kappa shape index (κ3) is 5.60. The number of rotatable bonds is 9. The average molecular weight is 421 g/mol. The first kappa shape index (κ1) is 20.8. The first-order chi connectivity index (χ1) is 15.1. The molecular formula is C25H24FNO4.